The van der Waals surface area contributed by atoms with Crippen LogP contribution < -0.4 is 5.32 Å². The Morgan fingerprint density at radius 1 is 1.19 bits per heavy atom. The molecule has 0 aliphatic heterocycles. The van der Waals surface area contributed by atoms with Crippen LogP contribution in [0.3, 0.4) is 0 Å². The summed E-state index contributed by atoms with van der Waals surface area (Å²) in [6.45, 7) is 0.531. The largest absolute Gasteiger partial charge is 0.350 e. The van der Waals surface area contributed by atoms with Gasteiger partial charge in [-0.3, -0.25) is 0 Å². The van der Waals surface area contributed by atoms with Crippen molar-refractivity contribution >= 4 is 29.2 Å². The summed E-state index contributed by atoms with van der Waals surface area (Å²) in [5.74, 6) is 0.537. The van der Waals surface area contributed by atoms with Gasteiger partial charge in [0.2, 0.25) is 5.95 Å². The van der Waals surface area contributed by atoms with Gasteiger partial charge in [-0.05, 0) is 23.8 Å². The summed E-state index contributed by atoms with van der Waals surface area (Å²) >= 11 is 11.9. The van der Waals surface area contributed by atoms with Gasteiger partial charge in [0.05, 0.1) is 0 Å². The van der Waals surface area contributed by atoms with Crippen LogP contribution in [-0.4, -0.2) is 9.97 Å². The number of nitrogens with zero attached hydrogens (tertiary/aromatic N) is 2. The number of anilines is 1. The Balaban J connectivity index is 2.08. The summed E-state index contributed by atoms with van der Waals surface area (Å²) in [7, 11) is 0. The molecule has 0 atom stereocenters. The van der Waals surface area contributed by atoms with E-state index < -0.39 is 0 Å². The summed E-state index contributed by atoms with van der Waals surface area (Å²) < 4.78 is 0. The summed E-state index contributed by atoms with van der Waals surface area (Å²) in [5.41, 5.74) is 0.908. The molecule has 0 spiro atoms. The maximum absolute atomic E-state index is 6.02. The van der Waals surface area contributed by atoms with Crippen LogP contribution in [-0.2, 0) is 6.54 Å². The Hall–Kier alpha value is -1.32. The molecule has 0 bridgehead atoms. The van der Waals surface area contributed by atoms with Crippen molar-refractivity contribution in [3.8, 4) is 0 Å². The average Bonchev–Trinajstić information content (AvgIpc) is 2.32. The van der Waals surface area contributed by atoms with E-state index in [1.165, 1.54) is 0 Å². The zero-order chi connectivity index (χ0) is 11.4. The molecule has 2 aromatic rings. The van der Waals surface area contributed by atoms with Gasteiger partial charge in [-0.25, -0.2) is 9.97 Å². The van der Waals surface area contributed by atoms with Crippen LogP contribution in [0.5, 0.6) is 0 Å². The smallest absolute Gasteiger partial charge is 0.222 e. The quantitative estimate of drug-likeness (QED) is 0.912. The number of benzene rings is 1. The van der Waals surface area contributed by atoms with Crippen molar-refractivity contribution < 1.29 is 0 Å². The summed E-state index contributed by atoms with van der Waals surface area (Å²) in [6.07, 6.45) is 3.10. The first kappa shape index (κ1) is 11.2. The van der Waals surface area contributed by atoms with Crippen molar-refractivity contribution in [2.45, 2.75) is 6.54 Å². The molecule has 0 fully saturated rings. The van der Waals surface area contributed by atoms with E-state index in [1.54, 1.807) is 24.5 Å². The molecule has 5 heteroatoms. The van der Waals surface area contributed by atoms with Gasteiger partial charge in [-0.1, -0.05) is 23.2 Å². The minimum Gasteiger partial charge on any atom is -0.350 e. The lowest BCUT2D eigenvalue weighted by atomic mass is 10.2. The first-order chi connectivity index (χ1) is 7.75. The van der Waals surface area contributed by atoms with Gasteiger partial charge in [-0.15, -0.1) is 0 Å². The molecule has 1 N–H and O–H groups in total. The fourth-order valence-corrected chi connectivity index (χ4v) is 1.59. The second kappa shape index (κ2) is 5.14. The normalized spacial score (nSPS) is 10.1. The molecule has 0 saturated heterocycles. The summed E-state index contributed by atoms with van der Waals surface area (Å²) in [5, 5.41) is 4.37. The van der Waals surface area contributed by atoms with Gasteiger partial charge in [-0.2, -0.15) is 0 Å². The Labute approximate surface area is 103 Å². The molecule has 81 valence electrons. The Morgan fingerprint density at radius 2 is 1.94 bits per heavy atom. The van der Waals surface area contributed by atoms with E-state index in [9.17, 15) is 0 Å². The number of nitrogens with one attached hydrogen (secondary N) is 1. The third kappa shape index (κ3) is 2.84. The van der Waals surface area contributed by atoms with E-state index in [0.29, 0.717) is 22.5 Å². The second-order valence-electron chi connectivity index (χ2n) is 3.10. The molecular formula is C11H8Cl2N3. The van der Waals surface area contributed by atoms with Gasteiger partial charge in [0, 0.05) is 35.1 Å². The lowest BCUT2D eigenvalue weighted by Gasteiger charge is -2.06. The first-order valence-electron chi connectivity index (χ1n) is 4.61. The van der Waals surface area contributed by atoms with Crippen molar-refractivity contribution in [1.82, 2.24) is 9.97 Å². The molecule has 2 rings (SSSR count). The van der Waals surface area contributed by atoms with E-state index in [2.05, 4.69) is 21.4 Å². The Bertz CT molecular complexity index is 474. The maximum Gasteiger partial charge on any atom is 0.222 e. The van der Waals surface area contributed by atoms with Gasteiger partial charge < -0.3 is 5.32 Å². The van der Waals surface area contributed by atoms with Crippen LogP contribution in [0.2, 0.25) is 10.0 Å². The van der Waals surface area contributed by atoms with Crippen LogP contribution in [0.1, 0.15) is 5.56 Å². The molecule has 0 unspecified atom stereocenters. The third-order valence-corrected chi connectivity index (χ3v) is 2.57. The average molecular weight is 253 g/mol. The van der Waals surface area contributed by atoms with Gasteiger partial charge >= 0.3 is 0 Å². The highest BCUT2D eigenvalue weighted by atomic mass is 35.5. The Morgan fingerprint density at radius 3 is 2.69 bits per heavy atom. The molecule has 0 saturated carbocycles. The SMILES string of the molecule is Clc1ccc(Cl)c(CNc2nc[c]cn2)c1. The van der Waals surface area contributed by atoms with Gasteiger partial charge in [0.15, 0.2) is 0 Å². The van der Waals surface area contributed by atoms with Crippen molar-refractivity contribution in [2.24, 2.45) is 0 Å². The highest BCUT2D eigenvalue weighted by molar-refractivity contribution is 6.33. The molecule has 1 heterocycles. The van der Waals surface area contributed by atoms with E-state index in [4.69, 9.17) is 23.2 Å². The highest BCUT2D eigenvalue weighted by Crippen LogP contribution is 2.21. The molecule has 0 amide bonds. The van der Waals surface area contributed by atoms with Crippen molar-refractivity contribution in [3.63, 3.8) is 0 Å². The van der Waals surface area contributed by atoms with Crippen molar-refractivity contribution in [2.75, 3.05) is 5.32 Å². The summed E-state index contributed by atoms with van der Waals surface area (Å²) in [4.78, 5) is 7.98. The highest BCUT2D eigenvalue weighted by Gasteiger charge is 2.01. The van der Waals surface area contributed by atoms with Crippen LogP contribution in [0, 0.1) is 6.07 Å². The summed E-state index contributed by atoms with van der Waals surface area (Å²) in [6, 6.07) is 8.07. The number of hydrogen-bond donors (Lipinski definition) is 1. The second-order valence-corrected chi connectivity index (χ2v) is 3.94. The number of aromatic nitrogens is 2. The molecular weight excluding hydrogens is 245 g/mol. The van der Waals surface area contributed by atoms with Crippen LogP contribution in [0.15, 0.2) is 30.6 Å². The molecule has 1 radical (unpaired) electrons. The van der Waals surface area contributed by atoms with Crippen LogP contribution in [0.25, 0.3) is 0 Å². The van der Waals surface area contributed by atoms with Crippen molar-refractivity contribution in [1.29, 1.82) is 0 Å². The van der Waals surface area contributed by atoms with Crippen molar-refractivity contribution in [3.05, 3.63) is 52.3 Å². The molecule has 1 aromatic heterocycles. The fourth-order valence-electron chi connectivity index (χ4n) is 1.21. The minimum atomic E-state index is 0.531. The third-order valence-electron chi connectivity index (χ3n) is 1.97. The molecule has 0 aliphatic rings. The standard InChI is InChI=1S/C11H8Cl2N3/c12-9-2-3-10(13)8(6-9)7-16-11-14-4-1-5-15-11/h2-6H,7H2,(H,14,15,16). The zero-order valence-electron chi connectivity index (χ0n) is 8.24. The lowest BCUT2D eigenvalue weighted by Crippen LogP contribution is -2.03. The number of hydrogen-bond acceptors (Lipinski definition) is 3. The fraction of sp³-hybridized carbons (Fsp3) is 0.0909. The minimum absolute atomic E-state index is 0.531. The van der Waals surface area contributed by atoms with Gasteiger partial charge in [0.1, 0.15) is 0 Å². The predicted octanol–water partition coefficient (Wildman–Crippen LogP) is 3.20. The van der Waals surface area contributed by atoms with Crippen LogP contribution in [0.4, 0.5) is 5.95 Å². The molecule has 16 heavy (non-hydrogen) atoms. The predicted molar refractivity (Wildman–Crippen MR) is 64.7 cm³/mol. The van der Waals surface area contributed by atoms with Gasteiger partial charge in [0.25, 0.3) is 0 Å². The van der Waals surface area contributed by atoms with E-state index >= 15 is 0 Å². The number of rotatable bonds is 3. The molecule has 1 aromatic carbocycles. The van der Waals surface area contributed by atoms with E-state index in [-0.39, 0.29) is 0 Å². The molecule has 3 nitrogen and oxygen atoms in total. The monoisotopic (exact) mass is 252 g/mol. The zero-order valence-corrected chi connectivity index (χ0v) is 9.76. The maximum atomic E-state index is 6.02. The lowest BCUT2D eigenvalue weighted by molar-refractivity contribution is 1.05. The van der Waals surface area contributed by atoms with Crippen LogP contribution >= 0.6 is 23.2 Å². The van der Waals surface area contributed by atoms with E-state index in [1.807, 2.05) is 6.07 Å². The topological polar surface area (TPSA) is 37.8 Å². The number of halogens is 2. The molecule has 0 aliphatic carbocycles. The first-order valence-corrected chi connectivity index (χ1v) is 5.37. The van der Waals surface area contributed by atoms with E-state index in [0.717, 1.165) is 5.56 Å². The Kier molecular flexibility index (Phi) is 3.59.